The first kappa shape index (κ1) is 10.1. The number of ketones is 1. The second kappa shape index (κ2) is 3.96. The Morgan fingerprint density at radius 2 is 2.13 bits per heavy atom. The van der Waals surface area contributed by atoms with E-state index < -0.39 is 0 Å². The number of nitrogens with zero attached hydrogens (tertiary/aromatic N) is 1. The average Bonchev–Trinajstić information content (AvgIpc) is 2.69. The molecule has 1 heterocycles. The molecule has 15 heavy (non-hydrogen) atoms. The van der Waals surface area contributed by atoms with Crippen LogP contribution in [0.5, 0.6) is 0 Å². The monoisotopic (exact) mass is 206 g/mol. The van der Waals surface area contributed by atoms with Crippen LogP contribution in [0.2, 0.25) is 0 Å². The maximum absolute atomic E-state index is 11.3. The topological polar surface area (TPSA) is 62.8 Å². The molecule has 1 N–H and O–H groups in total. The van der Waals surface area contributed by atoms with E-state index in [-0.39, 0.29) is 17.2 Å². The van der Waals surface area contributed by atoms with E-state index in [9.17, 15) is 9.59 Å². The Labute approximate surface area is 87.7 Å². The lowest BCUT2D eigenvalue weighted by molar-refractivity contribution is 0.100. The van der Waals surface area contributed by atoms with Crippen LogP contribution in [0.25, 0.3) is 0 Å². The SMILES string of the molecule is CC(=O)c1nc(C2CCCC2)cc(=O)[nH]1. The Kier molecular flexibility index (Phi) is 2.66. The van der Waals surface area contributed by atoms with Crippen LogP contribution in [-0.4, -0.2) is 15.8 Å². The fourth-order valence-electron chi connectivity index (χ4n) is 2.07. The van der Waals surface area contributed by atoms with Crippen LogP contribution < -0.4 is 5.56 Å². The van der Waals surface area contributed by atoms with Gasteiger partial charge in [0.05, 0.1) is 5.69 Å². The molecule has 0 radical (unpaired) electrons. The molecular weight excluding hydrogens is 192 g/mol. The summed E-state index contributed by atoms with van der Waals surface area (Å²) < 4.78 is 0. The van der Waals surface area contributed by atoms with Crippen molar-refractivity contribution in [3.63, 3.8) is 0 Å². The van der Waals surface area contributed by atoms with Crippen LogP contribution in [0, 0.1) is 0 Å². The Bertz CT molecular complexity index is 430. The molecule has 0 aromatic carbocycles. The summed E-state index contributed by atoms with van der Waals surface area (Å²) >= 11 is 0. The minimum Gasteiger partial charge on any atom is -0.304 e. The maximum Gasteiger partial charge on any atom is 0.251 e. The molecular formula is C11H14N2O2. The quantitative estimate of drug-likeness (QED) is 0.748. The first-order valence-electron chi connectivity index (χ1n) is 5.29. The standard InChI is InChI=1S/C11H14N2O2/c1-7(14)11-12-9(6-10(15)13-11)8-4-2-3-5-8/h6,8H,2-5H2,1H3,(H,12,13,15). The van der Waals surface area contributed by atoms with Crippen LogP contribution in [0.1, 0.15) is 54.8 Å². The fourth-order valence-corrected chi connectivity index (χ4v) is 2.07. The third-order valence-corrected chi connectivity index (χ3v) is 2.87. The maximum atomic E-state index is 11.3. The molecule has 1 aliphatic rings. The van der Waals surface area contributed by atoms with Crippen molar-refractivity contribution in [2.24, 2.45) is 0 Å². The summed E-state index contributed by atoms with van der Waals surface area (Å²) in [5.41, 5.74) is 0.554. The van der Waals surface area contributed by atoms with Gasteiger partial charge >= 0.3 is 0 Å². The molecule has 0 unspecified atom stereocenters. The summed E-state index contributed by atoms with van der Waals surface area (Å²) in [7, 11) is 0. The minimum atomic E-state index is -0.225. The first-order chi connectivity index (χ1) is 7.16. The van der Waals surface area contributed by atoms with Gasteiger partial charge in [-0.2, -0.15) is 0 Å². The zero-order valence-electron chi connectivity index (χ0n) is 8.75. The second-order valence-electron chi connectivity index (χ2n) is 4.06. The Hall–Kier alpha value is -1.45. The van der Waals surface area contributed by atoms with Gasteiger partial charge in [-0.1, -0.05) is 12.8 Å². The summed E-state index contributed by atoms with van der Waals surface area (Å²) in [6.45, 7) is 1.41. The number of rotatable bonds is 2. The number of aromatic amines is 1. The summed E-state index contributed by atoms with van der Waals surface area (Å²) in [5.74, 6) is 0.363. The van der Waals surface area contributed by atoms with E-state index in [0.717, 1.165) is 18.5 Å². The number of carbonyl (C=O) groups excluding carboxylic acids is 1. The Morgan fingerprint density at radius 3 is 2.73 bits per heavy atom. The molecule has 4 heteroatoms. The van der Waals surface area contributed by atoms with Gasteiger partial charge in [0.2, 0.25) is 0 Å². The normalized spacial score (nSPS) is 16.9. The molecule has 0 aliphatic heterocycles. The summed E-state index contributed by atoms with van der Waals surface area (Å²) in [5, 5.41) is 0. The molecule has 80 valence electrons. The molecule has 1 aromatic rings. The van der Waals surface area contributed by atoms with Crippen molar-refractivity contribution in [3.8, 4) is 0 Å². The van der Waals surface area contributed by atoms with Gasteiger partial charge in [-0.15, -0.1) is 0 Å². The van der Waals surface area contributed by atoms with Crippen molar-refractivity contribution in [1.82, 2.24) is 9.97 Å². The Morgan fingerprint density at radius 1 is 1.47 bits per heavy atom. The molecule has 1 fully saturated rings. The number of hydrogen-bond donors (Lipinski definition) is 1. The summed E-state index contributed by atoms with van der Waals surface area (Å²) in [4.78, 5) is 29.1. The predicted molar refractivity (Wildman–Crippen MR) is 56.1 cm³/mol. The van der Waals surface area contributed by atoms with E-state index in [1.54, 1.807) is 0 Å². The van der Waals surface area contributed by atoms with E-state index in [1.165, 1.54) is 25.8 Å². The largest absolute Gasteiger partial charge is 0.304 e. The molecule has 2 rings (SSSR count). The second-order valence-corrected chi connectivity index (χ2v) is 4.06. The summed E-state index contributed by atoms with van der Waals surface area (Å²) in [6, 6.07) is 1.52. The van der Waals surface area contributed by atoms with Crippen molar-refractivity contribution in [3.05, 3.63) is 27.9 Å². The molecule has 0 amide bonds. The molecule has 1 aromatic heterocycles. The van der Waals surface area contributed by atoms with Gasteiger partial charge in [-0.3, -0.25) is 9.59 Å². The predicted octanol–water partition coefficient (Wildman–Crippen LogP) is 1.63. The lowest BCUT2D eigenvalue weighted by Gasteiger charge is -2.08. The highest BCUT2D eigenvalue weighted by Crippen LogP contribution is 2.32. The van der Waals surface area contributed by atoms with Crippen LogP contribution in [0.15, 0.2) is 10.9 Å². The van der Waals surface area contributed by atoms with Crippen LogP contribution in [0.4, 0.5) is 0 Å². The van der Waals surface area contributed by atoms with Crippen LogP contribution >= 0.6 is 0 Å². The summed E-state index contributed by atoms with van der Waals surface area (Å²) in [6.07, 6.45) is 4.53. The van der Waals surface area contributed by atoms with Gasteiger partial charge in [0.1, 0.15) is 0 Å². The van der Waals surface area contributed by atoms with Gasteiger partial charge in [-0.05, 0) is 12.8 Å². The number of aromatic nitrogens is 2. The lowest BCUT2D eigenvalue weighted by Crippen LogP contribution is -2.16. The third kappa shape index (κ3) is 2.14. The number of nitrogens with one attached hydrogen (secondary N) is 1. The zero-order valence-corrected chi connectivity index (χ0v) is 8.75. The number of hydrogen-bond acceptors (Lipinski definition) is 3. The zero-order chi connectivity index (χ0) is 10.8. The third-order valence-electron chi connectivity index (χ3n) is 2.87. The smallest absolute Gasteiger partial charge is 0.251 e. The fraction of sp³-hybridized carbons (Fsp3) is 0.545. The number of carbonyl (C=O) groups is 1. The van der Waals surface area contributed by atoms with E-state index in [2.05, 4.69) is 9.97 Å². The van der Waals surface area contributed by atoms with Crippen LogP contribution in [-0.2, 0) is 0 Å². The molecule has 1 saturated carbocycles. The molecule has 0 bridgehead atoms. The van der Waals surface area contributed by atoms with E-state index in [0.29, 0.717) is 5.92 Å². The lowest BCUT2D eigenvalue weighted by atomic mass is 10.0. The molecule has 1 aliphatic carbocycles. The van der Waals surface area contributed by atoms with Gasteiger partial charge < -0.3 is 4.98 Å². The molecule has 0 saturated heterocycles. The van der Waals surface area contributed by atoms with Crippen molar-refractivity contribution >= 4 is 5.78 Å². The molecule has 0 spiro atoms. The molecule has 0 atom stereocenters. The van der Waals surface area contributed by atoms with Crippen LogP contribution in [0.3, 0.4) is 0 Å². The van der Waals surface area contributed by atoms with Crippen molar-refractivity contribution < 1.29 is 4.79 Å². The first-order valence-corrected chi connectivity index (χ1v) is 5.29. The average molecular weight is 206 g/mol. The Balaban J connectivity index is 2.38. The van der Waals surface area contributed by atoms with Gasteiger partial charge in [0.15, 0.2) is 11.6 Å². The minimum absolute atomic E-state index is 0.185. The van der Waals surface area contributed by atoms with Crippen molar-refractivity contribution in [1.29, 1.82) is 0 Å². The van der Waals surface area contributed by atoms with E-state index in [4.69, 9.17) is 0 Å². The highest BCUT2D eigenvalue weighted by molar-refractivity contribution is 5.90. The van der Waals surface area contributed by atoms with Gasteiger partial charge in [0, 0.05) is 18.9 Å². The highest BCUT2D eigenvalue weighted by atomic mass is 16.1. The number of Topliss-reactive ketones (excluding diaryl/α,β-unsaturated/α-hetero) is 1. The number of H-pyrrole nitrogens is 1. The van der Waals surface area contributed by atoms with Crippen molar-refractivity contribution in [2.75, 3.05) is 0 Å². The van der Waals surface area contributed by atoms with Gasteiger partial charge in [-0.25, -0.2) is 4.98 Å². The van der Waals surface area contributed by atoms with Gasteiger partial charge in [0.25, 0.3) is 5.56 Å². The highest BCUT2D eigenvalue weighted by Gasteiger charge is 2.19. The van der Waals surface area contributed by atoms with Crippen molar-refractivity contribution in [2.45, 2.75) is 38.5 Å². The van der Waals surface area contributed by atoms with E-state index >= 15 is 0 Å². The van der Waals surface area contributed by atoms with E-state index in [1.807, 2.05) is 0 Å². The molecule has 4 nitrogen and oxygen atoms in total.